The Morgan fingerprint density at radius 2 is 2.22 bits per heavy atom. The molecular weight excluding hydrogens is 291 g/mol. The molecule has 3 nitrogen and oxygen atoms in total. The van der Waals surface area contributed by atoms with Crippen molar-refractivity contribution in [3.63, 3.8) is 0 Å². The van der Waals surface area contributed by atoms with Crippen molar-refractivity contribution in [2.24, 2.45) is 5.92 Å². The van der Waals surface area contributed by atoms with Crippen LogP contribution in [0.15, 0.2) is 42.6 Å². The van der Waals surface area contributed by atoms with E-state index in [1.807, 2.05) is 24.3 Å². The number of aliphatic hydroxyl groups is 1. The Morgan fingerprint density at radius 3 is 3.00 bits per heavy atom. The van der Waals surface area contributed by atoms with Gasteiger partial charge in [-0.2, -0.15) is 0 Å². The van der Waals surface area contributed by atoms with Crippen LogP contribution in [0.4, 0.5) is 4.39 Å². The summed E-state index contributed by atoms with van der Waals surface area (Å²) in [6.45, 7) is 0.819. The van der Waals surface area contributed by atoms with Crippen LogP contribution in [0.25, 0.3) is 0 Å². The maximum Gasteiger partial charge on any atom is 0.123 e. The third kappa shape index (κ3) is 4.15. The number of benzene rings is 1. The van der Waals surface area contributed by atoms with Crippen LogP contribution < -0.4 is 5.32 Å². The molecule has 0 spiro atoms. The van der Waals surface area contributed by atoms with Crippen LogP contribution in [0.5, 0.6) is 0 Å². The second-order valence-corrected chi connectivity index (χ2v) is 6.27. The monoisotopic (exact) mass is 314 g/mol. The summed E-state index contributed by atoms with van der Waals surface area (Å²) in [5, 5.41) is 13.2. The van der Waals surface area contributed by atoms with Crippen LogP contribution in [-0.2, 0) is 12.8 Å². The lowest BCUT2D eigenvalue weighted by Crippen LogP contribution is -2.32. The number of nitrogens with zero attached hydrogens (tertiary/aromatic N) is 1. The zero-order chi connectivity index (χ0) is 16.1. The first-order valence-corrected chi connectivity index (χ1v) is 8.28. The number of aliphatic hydroxyl groups excluding tert-OH is 1. The van der Waals surface area contributed by atoms with Gasteiger partial charge in [-0.3, -0.25) is 4.98 Å². The summed E-state index contributed by atoms with van der Waals surface area (Å²) >= 11 is 0. The average molecular weight is 314 g/mol. The lowest BCUT2D eigenvalue weighted by atomic mass is 9.87. The third-order valence-corrected chi connectivity index (χ3v) is 4.56. The first-order chi connectivity index (χ1) is 11.3. The molecule has 2 N–H and O–H groups in total. The van der Waals surface area contributed by atoms with Crippen LogP contribution in [0.3, 0.4) is 0 Å². The van der Waals surface area contributed by atoms with Gasteiger partial charge in [0.25, 0.3) is 0 Å². The van der Waals surface area contributed by atoms with E-state index in [9.17, 15) is 9.50 Å². The first kappa shape index (κ1) is 16.1. The lowest BCUT2D eigenvalue weighted by molar-refractivity contribution is 0.215. The maximum atomic E-state index is 13.5. The number of aryl methyl sites for hydroxylation is 1. The van der Waals surface area contributed by atoms with Gasteiger partial charge in [-0.15, -0.1) is 0 Å². The highest BCUT2D eigenvalue weighted by atomic mass is 19.1. The Hall–Kier alpha value is -1.78. The molecule has 1 heterocycles. The van der Waals surface area contributed by atoms with Gasteiger partial charge < -0.3 is 10.4 Å². The lowest BCUT2D eigenvalue weighted by Gasteiger charge is -2.28. The summed E-state index contributed by atoms with van der Waals surface area (Å²) in [5.74, 6) is -0.0616. The number of nitrogens with one attached hydrogen (secondary N) is 1. The second kappa shape index (κ2) is 7.66. The highest BCUT2D eigenvalue weighted by molar-refractivity contribution is 5.32. The molecular formula is C19H23FN2O. The predicted molar refractivity (Wildman–Crippen MR) is 88.6 cm³/mol. The Bertz CT molecular complexity index is 633. The number of pyridine rings is 1. The normalized spacial score (nSPS) is 18.4. The summed E-state index contributed by atoms with van der Waals surface area (Å²) in [7, 11) is 0. The number of hydrogen-bond acceptors (Lipinski definition) is 3. The molecule has 4 heteroatoms. The molecule has 1 aliphatic carbocycles. The van der Waals surface area contributed by atoms with Crippen molar-refractivity contribution in [2.75, 3.05) is 13.2 Å². The van der Waals surface area contributed by atoms with Crippen molar-refractivity contribution in [3.8, 4) is 0 Å². The number of fused-ring (bicyclic) bond motifs is 1. The minimum atomic E-state index is -0.176. The van der Waals surface area contributed by atoms with E-state index in [1.54, 1.807) is 18.3 Å². The fourth-order valence-corrected chi connectivity index (χ4v) is 3.31. The average Bonchev–Trinajstić information content (AvgIpc) is 2.59. The molecule has 2 aromatic rings. The summed E-state index contributed by atoms with van der Waals surface area (Å²) in [4.78, 5) is 4.32. The quantitative estimate of drug-likeness (QED) is 0.861. The van der Waals surface area contributed by atoms with E-state index in [4.69, 9.17) is 0 Å². The van der Waals surface area contributed by atoms with Gasteiger partial charge in [-0.25, -0.2) is 4.39 Å². The van der Waals surface area contributed by atoms with E-state index in [0.717, 1.165) is 36.9 Å². The Balaban J connectivity index is 1.62. The molecule has 23 heavy (non-hydrogen) atoms. The molecule has 0 radical (unpaired) electrons. The largest absolute Gasteiger partial charge is 0.396 e. The van der Waals surface area contributed by atoms with Gasteiger partial charge in [0.2, 0.25) is 0 Å². The molecule has 0 bridgehead atoms. The fraction of sp³-hybridized carbons (Fsp3) is 0.421. The summed E-state index contributed by atoms with van der Waals surface area (Å²) in [5.41, 5.74) is 3.30. The smallest absolute Gasteiger partial charge is 0.123 e. The van der Waals surface area contributed by atoms with Crippen LogP contribution >= 0.6 is 0 Å². The van der Waals surface area contributed by atoms with Gasteiger partial charge in [0, 0.05) is 31.1 Å². The van der Waals surface area contributed by atoms with E-state index < -0.39 is 0 Å². The Kier molecular flexibility index (Phi) is 5.36. The molecule has 1 aliphatic rings. The molecule has 0 saturated carbocycles. The van der Waals surface area contributed by atoms with Crippen molar-refractivity contribution in [1.82, 2.24) is 10.3 Å². The number of rotatable bonds is 6. The predicted octanol–water partition coefficient (Wildman–Crippen LogP) is 3.04. The van der Waals surface area contributed by atoms with Gasteiger partial charge in [-0.05, 0) is 67.0 Å². The standard InChI is InChI=1S/C19H23FN2O/c20-16-8-7-15-4-3-6-19(18(15)11-16)22-12-14(13-23)10-17-5-1-2-9-21-17/h1-2,5,7-9,11,14,19,22-23H,3-4,6,10,12-13H2/t14-,19-/m1/s1. The van der Waals surface area contributed by atoms with Crippen LogP contribution in [-0.4, -0.2) is 23.2 Å². The molecule has 0 saturated heterocycles. The number of aromatic nitrogens is 1. The van der Waals surface area contributed by atoms with Crippen molar-refractivity contribution < 1.29 is 9.50 Å². The second-order valence-electron chi connectivity index (χ2n) is 6.27. The van der Waals surface area contributed by atoms with Gasteiger partial charge in [0.15, 0.2) is 0 Å². The molecule has 0 aliphatic heterocycles. The van der Waals surface area contributed by atoms with Crippen LogP contribution in [0.2, 0.25) is 0 Å². The topological polar surface area (TPSA) is 45.1 Å². The van der Waals surface area contributed by atoms with E-state index in [2.05, 4.69) is 10.3 Å². The molecule has 0 unspecified atom stereocenters. The fourth-order valence-electron chi connectivity index (χ4n) is 3.31. The van der Waals surface area contributed by atoms with Gasteiger partial charge >= 0.3 is 0 Å². The number of halogens is 1. The number of hydrogen-bond donors (Lipinski definition) is 2. The molecule has 0 fully saturated rings. The molecule has 1 aromatic carbocycles. The first-order valence-electron chi connectivity index (χ1n) is 8.28. The third-order valence-electron chi connectivity index (χ3n) is 4.56. The SMILES string of the molecule is OC[C@@H](CN[C@@H]1CCCc2ccc(F)cc21)Cc1ccccn1. The molecule has 2 atom stereocenters. The summed E-state index contributed by atoms with van der Waals surface area (Å²) < 4.78 is 13.5. The minimum absolute atomic E-state index is 0.115. The zero-order valence-electron chi connectivity index (χ0n) is 13.2. The molecule has 1 aromatic heterocycles. The van der Waals surface area contributed by atoms with Crippen LogP contribution in [0, 0.1) is 11.7 Å². The van der Waals surface area contributed by atoms with E-state index in [-0.39, 0.29) is 24.4 Å². The zero-order valence-corrected chi connectivity index (χ0v) is 13.2. The van der Waals surface area contributed by atoms with Crippen molar-refractivity contribution in [3.05, 3.63) is 65.2 Å². The van der Waals surface area contributed by atoms with Crippen LogP contribution in [0.1, 0.15) is 35.7 Å². The van der Waals surface area contributed by atoms with Gasteiger partial charge in [0.1, 0.15) is 5.82 Å². The van der Waals surface area contributed by atoms with Gasteiger partial charge in [-0.1, -0.05) is 12.1 Å². The van der Waals surface area contributed by atoms with E-state index in [0.29, 0.717) is 6.54 Å². The highest BCUT2D eigenvalue weighted by Gasteiger charge is 2.21. The molecule has 122 valence electrons. The Labute approximate surface area is 136 Å². The van der Waals surface area contributed by atoms with Gasteiger partial charge in [0.05, 0.1) is 0 Å². The molecule has 0 amide bonds. The molecule has 3 rings (SSSR count). The van der Waals surface area contributed by atoms with Crippen molar-refractivity contribution in [1.29, 1.82) is 0 Å². The Morgan fingerprint density at radius 1 is 1.30 bits per heavy atom. The summed E-state index contributed by atoms with van der Waals surface area (Å²) in [6.07, 6.45) is 5.66. The summed E-state index contributed by atoms with van der Waals surface area (Å²) in [6, 6.07) is 11.1. The maximum absolute atomic E-state index is 13.5. The van der Waals surface area contributed by atoms with Crippen molar-refractivity contribution >= 4 is 0 Å². The van der Waals surface area contributed by atoms with E-state index >= 15 is 0 Å². The minimum Gasteiger partial charge on any atom is -0.396 e. The highest BCUT2D eigenvalue weighted by Crippen LogP contribution is 2.30. The van der Waals surface area contributed by atoms with Crippen molar-refractivity contribution in [2.45, 2.75) is 31.7 Å². The van der Waals surface area contributed by atoms with E-state index in [1.165, 1.54) is 5.56 Å².